The van der Waals surface area contributed by atoms with Gasteiger partial charge in [-0.25, -0.2) is 9.78 Å². The van der Waals surface area contributed by atoms with Gasteiger partial charge in [-0.2, -0.15) is 0 Å². The van der Waals surface area contributed by atoms with E-state index in [1.165, 1.54) is 11.1 Å². The smallest absolute Gasteiger partial charge is 0.338 e. The molecule has 2 aromatic carbocycles. The number of nitrogens with zero attached hydrogens (tertiary/aromatic N) is 2. The molecule has 2 bridgehead atoms. The number of aromatic amines is 1. The third-order valence-electron chi connectivity index (χ3n) is 8.93. The predicted molar refractivity (Wildman–Crippen MR) is 158 cm³/mol. The molecule has 3 aliphatic carbocycles. The summed E-state index contributed by atoms with van der Waals surface area (Å²) in [5, 5.41) is 0. The summed E-state index contributed by atoms with van der Waals surface area (Å²) in [6, 6.07) is 16.6. The number of hydrogen-bond acceptors (Lipinski definition) is 6. The number of rotatable bonds is 12. The number of aromatic nitrogens is 2. The Morgan fingerprint density at radius 3 is 2.60 bits per heavy atom. The fraction of sp³-hybridized carbons (Fsp3) is 0.515. The molecule has 7 nitrogen and oxygen atoms in total. The van der Waals surface area contributed by atoms with Crippen LogP contribution in [0.15, 0.2) is 54.6 Å². The minimum atomic E-state index is -0.975. The molecule has 0 amide bonds. The minimum Gasteiger partial charge on any atom is -0.494 e. The lowest BCUT2D eigenvalue weighted by molar-refractivity contribution is -0.192. The van der Waals surface area contributed by atoms with Gasteiger partial charge in [0.25, 0.3) is 0 Å². The number of hydrogen-bond donors (Lipinski definition) is 1. The van der Waals surface area contributed by atoms with Crippen molar-refractivity contribution in [1.82, 2.24) is 14.9 Å². The summed E-state index contributed by atoms with van der Waals surface area (Å²) in [4.78, 5) is 23.8. The lowest BCUT2D eigenvalue weighted by atomic mass is 9.60. The monoisotopic (exact) mass is 545 g/mol. The summed E-state index contributed by atoms with van der Waals surface area (Å²) in [6.07, 6.45) is 8.08. The van der Waals surface area contributed by atoms with E-state index in [2.05, 4.69) is 53.3 Å². The molecule has 3 unspecified atom stereocenters. The maximum Gasteiger partial charge on any atom is 0.338 e. The van der Waals surface area contributed by atoms with Crippen molar-refractivity contribution < 1.29 is 19.0 Å². The van der Waals surface area contributed by atoms with Crippen LogP contribution in [0.2, 0.25) is 0 Å². The first-order valence-electron chi connectivity index (χ1n) is 14.5. The molecule has 1 saturated carbocycles. The molecule has 3 atom stereocenters. The van der Waals surface area contributed by atoms with E-state index in [9.17, 15) is 4.79 Å². The van der Waals surface area contributed by atoms with E-state index in [0.717, 1.165) is 74.2 Å². The Morgan fingerprint density at radius 1 is 1.10 bits per heavy atom. The number of H-pyrrole nitrogens is 1. The Hall–Kier alpha value is -3.16. The quantitative estimate of drug-likeness (QED) is 0.279. The van der Waals surface area contributed by atoms with Crippen LogP contribution < -0.4 is 4.74 Å². The van der Waals surface area contributed by atoms with Crippen LogP contribution in [0.1, 0.15) is 57.3 Å². The molecule has 0 radical (unpaired) electrons. The first-order valence-corrected chi connectivity index (χ1v) is 14.5. The van der Waals surface area contributed by atoms with E-state index >= 15 is 0 Å². The minimum absolute atomic E-state index is 0.197. The van der Waals surface area contributed by atoms with Crippen LogP contribution >= 0.6 is 0 Å². The van der Waals surface area contributed by atoms with Crippen LogP contribution in [-0.2, 0) is 20.7 Å². The molecular formula is C33H43N3O4. The second-order valence-corrected chi connectivity index (χ2v) is 11.9. The van der Waals surface area contributed by atoms with E-state index in [1.807, 2.05) is 18.2 Å². The molecule has 1 N–H and O–H groups in total. The summed E-state index contributed by atoms with van der Waals surface area (Å²) in [6.45, 7) is 5.36. The molecule has 1 fully saturated rings. The normalized spacial score (nSPS) is 22.5. The number of nitrogens with one attached hydrogen (secondary N) is 1. The van der Waals surface area contributed by atoms with Crippen LogP contribution in [-0.4, -0.2) is 66.4 Å². The van der Waals surface area contributed by atoms with Gasteiger partial charge in [-0.05, 0) is 82.3 Å². The highest BCUT2D eigenvalue weighted by Gasteiger charge is 2.51. The number of imidazole rings is 1. The van der Waals surface area contributed by atoms with Crippen LogP contribution in [0, 0.1) is 11.8 Å². The number of para-hydroxylation sites is 1. The van der Waals surface area contributed by atoms with Crippen LogP contribution in [0.4, 0.5) is 0 Å². The fourth-order valence-corrected chi connectivity index (χ4v) is 6.33. The molecule has 40 heavy (non-hydrogen) atoms. The second kappa shape index (κ2) is 11.8. The average Bonchev–Trinajstić information content (AvgIpc) is 3.40. The summed E-state index contributed by atoms with van der Waals surface area (Å²) < 4.78 is 17.4. The van der Waals surface area contributed by atoms with Crippen molar-refractivity contribution in [1.29, 1.82) is 0 Å². The van der Waals surface area contributed by atoms with Gasteiger partial charge in [-0.1, -0.05) is 42.5 Å². The molecule has 0 spiro atoms. The highest BCUT2D eigenvalue weighted by molar-refractivity contribution is 5.81. The van der Waals surface area contributed by atoms with Gasteiger partial charge < -0.3 is 24.1 Å². The molecule has 7 heteroatoms. The average molecular weight is 546 g/mol. The van der Waals surface area contributed by atoms with Gasteiger partial charge in [0.2, 0.25) is 0 Å². The maximum absolute atomic E-state index is 13.3. The Morgan fingerprint density at radius 2 is 1.90 bits per heavy atom. The van der Waals surface area contributed by atoms with Gasteiger partial charge in [0, 0.05) is 32.4 Å². The highest BCUT2D eigenvalue weighted by atomic mass is 16.6. The van der Waals surface area contributed by atoms with E-state index in [-0.39, 0.29) is 11.9 Å². The number of allylic oxidation sites excluding steroid dienone is 1. The zero-order valence-electron chi connectivity index (χ0n) is 24.5. The number of carbonyl (C=O) groups is 1. The summed E-state index contributed by atoms with van der Waals surface area (Å²) in [5.74, 6) is 2.08. The van der Waals surface area contributed by atoms with Crippen LogP contribution in [0.5, 0.6) is 5.75 Å². The third-order valence-corrected chi connectivity index (χ3v) is 8.93. The Bertz CT molecular complexity index is 1350. The molecule has 3 aromatic rings. The Balaban J connectivity index is 1.26. The lowest BCUT2D eigenvalue weighted by Gasteiger charge is -2.51. The van der Waals surface area contributed by atoms with E-state index in [0.29, 0.717) is 5.92 Å². The molecule has 3 aliphatic rings. The number of fused-ring (bicyclic) bond motifs is 3. The van der Waals surface area contributed by atoms with Gasteiger partial charge in [-0.15, -0.1) is 0 Å². The summed E-state index contributed by atoms with van der Waals surface area (Å²) in [7, 11) is 5.40. The van der Waals surface area contributed by atoms with Crippen molar-refractivity contribution in [3.05, 3.63) is 66.0 Å². The van der Waals surface area contributed by atoms with Crippen molar-refractivity contribution in [2.45, 2.75) is 63.6 Å². The predicted octanol–water partition coefficient (Wildman–Crippen LogP) is 6.05. The number of esters is 1. The van der Waals surface area contributed by atoms with Crippen molar-refractivity contribution in [3.8, 4) is 5.75 Å². The van der Waals surface area contributed by atoms with Crippen molar-refractivity contribution in [3.63, 3.8) is 0 Å². The molecule has 214 valence electrons. The van der Waals surface area contributed by atoms with E-state index in [1.54, 1.807) is 28.1 Å². The van der Waals surface area contributed by atoms with Gasteiger partial charge >= 0.3 is 5.97 Å². The van der Waals surface area contributed by atoms with E-state index < -0.39 is 11.2 Å². The number of aryl methyl sites for hydroxylation is 1. The van der Waals surface area contributed by atoms with Crippen LogP contribution in [0.3, 0.4) is 0 Å². The third kappa shape index (κ3) is 5.81. The zero-order valence-corrected chi connectivity index (χ0v) is 24.5. The summed E-state index contributed by atoms with van der Waals surface area (Å²) in [5.41, 5.74) is 3.08. The Labute approximate surface area is 237 Å². The van der Waals surface area contributed by atoms with E-state index in [4.69, 9.17) is 19.2 Å². The molecule has 0 aliphatic heterocycles. The van der Waals surface area contributed by atoms with Gasteiger partial charge in [0.15, 0.2) is 5.60 Å². The standard InChI is InChI=1S/C33H43N3O4/c1-32(2,39-5)31(37)40-33(22-24-16-17-25(33)21-26(24)23-11-7-6-8-12-23)18-20-36(3)19-10-15-29-34-27-13-9-14-28(38-4)30(27)35-29/h6-9,11-14,21,24-25H,10,15-20,22H2,1-5H3,(H,34,35). The molecule has 0 saturated heterocycles. The number of ether oxygens (including phenoxy) is 3. The maximum atomic E-state index is 13.3. The molecular weight excluding hydrogens is 502 g/mol. The number of methoxy groups -OCH3 is 2. The first kappa shape index (κ1) is 28.4. The van der Waals surface area contributed by atoms with Crippen molar-refractivity contribution in [2.24, 2.45) is 11.8 Å². The van der Waals surface area contributed by atoms with Gasteiger partial charge in [0.05, 0.1) is 12.6 Å². The van der Waals surface area contributed by atoms with Gasteiger partial charge in [-0.3, -0.25) is 0 Å². The second-order valence-electron chi connectivity index (χ2n) is 11.9. The van der Waals surface area contributed by atoms with Gasteiger partial charge in [0.1, 0.15) is 22.7 Å². The first-order chi connectivity index (χ1) is 19.2. The SMILES string of the molecule is COc1cccc2[nH]c(CCCN(C)CCC3(OC(=O)C(C)(C)OC)CC4CCC3C=C4c3ccccc3)nc12. The molecule has 6 rings (SSSR count). The number of benzene rings is 2. The largest absolute Gasteiger partial charge is 0.494 e. The van der Waals surface area contributed by atoms with Crippen molar-refractivity contribution in [2.75, 3.05) is 34.4 Å². The molecule has 1 heterocycles. The topological polar surface area (TPSA) is 76.7 Å². The lowest BCUT2D eigenvalue weighted by Crippen LogP contribution is -2.53. The van der Waals surface area contributed by atoms with Crippen LogP contribution in [0.25, 0.3) is 16.6 Å². The zero-order chi connectivity index (χ0) is 28.3. The Kier molecular flexibility index (Phi) is 8.34. The number of carbonyl (C=O) groups excluding carboxylic acids is 1. The summed E-state index contributed by atoms with van der Waals surface area (Å²) >= 11 is 0. The fourth-order valence-electron chi connectivity index (χ4n) is 6.33. The van der Waals surface area contributed by atoms with Crippen molar-refractivity contribution >= 4 is 22.6 Å². The highest BCUT2D eigenvalue weighted by Crippen LogP contribution is 2.53. The molecule has 1 aromatic heterocycles.